The molecular formula is C36H59N5O9S3. The first kappa shape index (κ1) is 46.3. The van der Waals surface area contributed by atoms with Crippen LogP contribution >= 0.6 is 32.9 Å². The van der Waals surface area contributed by atoms with Gasteiger partial charge < -0.3 is 29.7 Å². The SMILES string of the molecule is CCC(C)[C@H](NC(=O)[C@H]1CCCCN1C)C(=O)N(CC[C@@H](OC(C)=O)c1nc(C(=O)NCC[C@H](C)C(=O)OCCSSC)cs1)COC(=O)CC(C)C. The molecule has 0 aromatic carbocycles. The van der Waals surface area contributed by atoms with E-state index in [0.29, 0.717) is 36.6 Å². The molecule has 1 aromatic rings. The second kappa shape index (κ2) is 24.5. The molecule has 2 heterocycles. The van der Waals surface area contributed by atoms with Crippen molar-refractivity contribution in [2.45, 2.75) is 105 Å². The minimum atomic E-state index is -0.910. The lowest BCUT2D eigenvalue weighted by Crippen LogP contribution is -2.57. The molecule has 0 bridgehead atoms. The van der Waals surface area contributed by atoms with Crippen molar-refractivity contribution in [3.63, 3.8) is 0 Å². The number of nitrogens with zero attached hydrogens (tertiary/aromatic N) is 3. The van der Waals surface area contributed by atoms with Crippen molar-refractivity contribution < 1.29 is 43.0 Å². The summed E-state index contributed by atoms with van der Waals surface area (Å²) >= 11 is 1.13. The molecule has 0 aliphatic carbocycles. The van der Waals surface area contributed by atoms with Crippen LogP contribution < -0.4 is 10.6 Å². The fourth-order valence-corrected chi connectivity index (χ4v) is 7.46. The molecule has 17 heteroatoms. The smallest absolute Gasteiger partial charge is 0.308 e. The summed E-state index contributed by atoms with van der Waals surface area (Å²) in [5.41, 5.74) is 0.120. The van der Waals surface area contributed by atoms with Gasteiger partial charge in [-0.15, -0.1) is 11.3 Å². The van der Waals surface area contributed by atoms with Crippen LogP contribution in [0.15, 0.2) is 5.38 Å². The topological polar surface area (TPSA) is 174 Å². The van der Waals surface area contributed by atoms with Crippen molar-refractivity contribution >= 4 is 68.6 Å². The number of hydrogen-bond donors (Lipinski definition) is 2. The quantitative estimate of drug-likeness (QED) is 0.0507. The second-order valence-corrected chi connectivity index (χ2v) is 17.3. The van der Waals surface area contributed by atoms with Gasteiger partial charge in [-0.1, -0.05) is 69.0 Å². The van der Waals surface area contributed by atoms with Crippen molar-refractivity contribution in [1.82, 2.24) is 25.4 Å². The first-order chi connectivity index (χ1) is 25.2. The minimum Gasteiger partial charge on any atom is -0.465 e. The van der Waals surface area contributed by atoms with Gasteiger partial charge in [0.05, 0.1) is 12.0 Å². The Morgan fingerprint density at radius 1 is 1.09 bits per heavy atom. The number of amides is 3. The molecule has 300 valence electrons. The van der Waals surface area contributed by atoms with Crippen LogP contribution in [0, 0.1) is 17.8 Å². The van der Waals surface area contributed by atoms with Crippen LogP contribution in [0.2, 0.25) is 0 Å². The maximum Gasteiger partial charge on any atom is 0.308 e. The number of likely N-dealkylation sites (N-methyl/N-ethyl adjacent to an activating group) is 1. The number of likely N-dealkylation sites (tertiary alicyclic amines) is 1. The molecule has 0 saturated carbocycles. The van der Waals surface area contributed by atoms with Crippen molar-refractivity contribution in [3.8, 4) is 0 Å². The lowest BCUT2D eigenvalue weighted by Gasteiger charge is -2.35. The van der Waals surface area contributed by atoms with Gasteiger partial charge >= 0.3 is 17.9 Å². The Balaban J connectivity index is 2.18. The third-order valence-electron chi connectivity index (χ3n) is 8.91. The zero-order chi connectivity index (χ0) is 39.5. The van der Waals surface area contributed by atoms with Gasteiger partial charge in [0.2, 0.25) is 11.8 Å². The standard InChI is InChI=1S/C36H59N5O9S3/c1-9-24(4)31(39-33(45)28-12-10-11-16-40(28)7)35(46)41(22-49-30(43)20-23(2)3)17-14-29(50-26(6)42)34-38-27(21-52-34)32(44)37-15-13-25(5)36(47)48-18-19-53-51-8/h21,23-25,28-29,31H,9-20,22H2,1-8H3,(H,37,44)(H,39,45)/t24?,25-,28+,29+,31-/m0/s1. The van der Waals surface area contributed by atoms with Gasteiger partial charge in [-0.05, 0) is 50.9 Å². The van der Waals surface area contributed by atoms with Crippen LogP contribution in [-0.2, 0) is 38.2 Å². The van der Waals surface area contributed by atoms with E-state index in [4.69, 9.17) is 14.2 Å². The normalized spacial score (nSPS) is 16.9. The molecule has 53 heavy (non-hydrogen) atoms. The van der Waals surface area contributed by atoms with E-state index < -0.39 is 41.8 Å². The summed E-state index contributed by atoms with van der Waals surface area (Å²) < 4.78 is 16.4. The number of nitrogens with one attached hydrogen (secondary N) is 2. The largest absolute Gasteiger partial charge is 0.465 e. The van der Waals surface area contributed by atoms with E-state index >= 15 is 0 Å². The Kier molecular flexibility index (Phi) is 21.4. The van der Waals surface area contributed by atoms with Gasteiger partial charge in [-0.25, -0.2) is 4.98 Å². The van der Waals surface area contributed by atoms with Crippen LogP contribution in [0.25, 0.3) is 0 Å². The molecule has 3 amide bonds. The van der Waals surface area contributed by atoms with Crippen LogP contribution in [0.1, 0.15) is 108 Å². The number of aromatic nitrogens is 1. The number of rotatable bonds is 23. The number of piperidine rings is 1. The number of thiazole rings is 1. The van der Waals surface area contributed by atoms with E-state index in [-0.39, 0.29) is 68.1 Å². The van der Waals surface area contributed by atoms with Gasteiger partial charge in [0.25, 0.3) is 5.91 Å². The molecule has 5 atom stereocenters. The van der Waals surface area contributed by atoms with Crippen molar-refractivity contribution in [1.29, 1.82) is 0 Å². The lowest BCUT2D eigenvalue weighted by molar-refractivity contribution is -0.156. The summed E-state index contributed by atoms with van der Waals surface area (Å²) in [5, 5.41) is 7.67. The summed E-state index contributed by atoms with van der Waals surface area (Å²) in [5.74, 6) is -2.32. The maximum absolute atomic E-state index is 14.2. The number of carbonyl (C=O) groups is 6. The third kappa shape index (κ3) is 16.6. The summed E-state index contributed by atoms with van der Waals surface area (Å²) in [6.07, 6.45) is 4.92. The number of esters is 3. The predicted octanol–water partition coefficient (Wildman–Crippen LogP) is 4.84. The fraction of sp³-hybridized carbons (Fsp3) is 0.750. The maximum atomic E-state index is 14.2. The van der Waals surface area contributed by atoms with Crippen LogP contribution in [-0.4, -0.2) is 115 Å². The molecule has 1 aliphatic rings. The lowest BCUT2D eigenvalue weighted by atomic mass is 9.96. The van der Waals surface area contributed by atoms with E-state index in [0.717, 1.165) is 30.7 Å². The summed E-state index contributed by atoms with van der Waals surface area (Å²) in [4.78, 5) is 85.4. The van der Waals surface area contributed by atoms with E-state index in [2.05, 4.69) is 15.6 Å². The predicted molar refractivity (Wildman–Crippen MR) is 208 cm³/mol. The van der Waals surface area contributed by atoms with Crippen molar-refractivity contribution in [2.75, 3.05) is 52.0 Å². The highest BCUT2D eigenvalue weighted by Crippen LogP contribution is 2.27. The summed E-state index contributed by atoms with van der Waals surface area (Å²) in [6, 6.07) is -1.22. The van der Waals surface area contributed by atoms with Crippen LogP contribution in [0.4, 0.5) is 0 Å². The van der Waals surface area contributed by atoms with E-state index in [1.807, 2.05) is 45.9 Å². The molecule has 1 fully saturated rings. The summed E-state index contributed by atoms with van der Waals surface area (Å²) in [7, 11) is 5.11. The molecular weight excluding hydrogens is 743 g/mol. The molecule has 14 nitrogen and oxygen atoms in total. The average molecular weight is 802 g/mol. The highest BCUT2D eigenvalue weighted by atomic mass is 33.1. The van der Waals surface area contributed by atoms with Gasteiger partial charge in [-0.3, -0.25) is 33.7 Å². The monoisotopic (exact) mass is 801 g/mol. The molecule has 1 aliphatic heterocycles. The zero-order valence-corrected chi connectivity index (χ0v) is 34.9. The molecule has 0 radical (unpaired) electrons. The molecule has 2 rings (SSSR count). The first-order valence-corrected chi connectivity index (χ1v) is 22.0. The van der Waals surface area contributed by atoms with Crippen molar-refractivity contribution in [3.05, 3.63) is 16.1 Å². The van der Waals surface area contributed by atoms with Crippen LogP contribution in [0.5, 0.6) is 0 Å². The van der Waals surface area contributed by atoms with Crippen LogP contribution in [0.3, 0.4) is 0 Å². The molecule has 0 spiro atoms. The van der Waals surface area contributed by atoms with Gasteiger partial charge in [0.1, 0.15) is 23.4 Å². The Hall–Kier alpha value is -2.89. The number of ether oxygens (including phenoxy) is 3. The average Bonchev–Trinajstić information content (AvgIpc) is 3.61. The molecule has 1 aromatic heterocycles. The second-order valence-electron chi connectivity index (χ2n) is 13.8. The van der Waals surface area contributed by atoms with Gasteiger partial charge in [0, 0.05) is 44.0 Å². The Labute approximate surface area is 326 Å². The highest BCUT2D eigenvalue weighted by molar-refractivity contribution is 8.76. The molecule has 1 saturated heterocycles. The van der Waals surface area contributed by atoms with Crippen molar-refractivity contribution in [2.24, 2.45) is 17.8 Å². The Bertz CT molecular complexity index is 1350. The third-order valence-corrected chi connectivity index (χ3v) is 11.6. The fourth-order valence-electron chi connectivity index (χ4n) is 5.57. The number of carbonyl (C=O) groups excluding carboxylic acids is 6. The van der Waals surface area contributed by atoms with Gasteiger partial charge in [0.15, 0.2) is 12.8 Å². The minimum absolute atomic E-state index is 0.00292. The van der Waals surface area contributed by atoms with Gasteiger partial charge in [-0.2, -0.15) is 0 Å². The molecule has 2 N–H and O–H groups in total. The Morgan fingerprint density at radius 2 is 1.83 bits per heavy atom. The van der Waals surface area contributed by atoms with E-state index in [1.165, 1.54) is 11.8 Å². The zero-order valence-electron chi connectivity index (χ0n) is 32.5. The highest BCUT2D eigenvalue weighted by Gasteiger charge is 2.35. The molecule has 1 unspecified atom stereocenters. The Morgan fingerprint density at radius 3 is 2.47 bits per heavy atom. The van der Waals surface area contributed by atoms with E-state index in [9.17, 15) is 28.8 Å². The summed E-state index contributed by atoms with van der Waals surface area (Å²) in [6.45, 7) is 11.6. The number of hydrogen-bond acceptors (Lipinski definition) is 14. The van der Waals surface area contributed by atoms with E-state index in [1.54, 1.807) is 33.9 Å². The first-order valence-electron chi connectivity index (χ1n) is 18.4.